The molecule has 3 heteroatoms. The van der Waals surface area contributed by atoms with Gasteiger partial charge in [0.1, 0.15) is 6.10 Å². The van der Waals surface area contributed by atoms with Crippen molar-refractivity contribution >= 4 is 10.9 Å². The molecule has 1 aromatic heterocycles. The molecule has 0 aliphatic carbocycles. The van der Waals surface area contributed by atoms with Gasteiger partial charge in [0, 0.05) is 17.1 Å². The largest absolute Gasteiger partial charge is 0.390 e. The van der Waals surface area contributed by atoms with E-state index in [0.717, 1.165) is 23.7 Å². The van der Waals surface area contributed by atoms with Crippen LogP contribution in [0.2, 0.25) is 0 Å². The second-order valence-electron chi connectivity index (χ2n) is 4.93. The molecule has 19 heavy (non-hydrogen) atoms. The first-order chi connectivity index (χ1) is 9.19. The van der Waals surface area contributed by atoms with Crippen molar-refractivity contribution in [2.45, 2.75) is 38.9 Å². The van der Waals surface area contributed by atoms with Gasteiger partial charge in [0.15, 0.2) is 0 Å². The molecule has 102 valence electrons. The summed E-state index contributed by atoms with van der Waals surface area (Å²) in [7, 11) is 0. The zero-order valence-electron chi connectivity index (χ0n) is 11.5. The van der Waals surface area contributed by atoms with Crippen LogP contribution in [-0.4, -0.2) is 21.3 Å². The quantitative estimate of drug-likeness (QED) is 0.867. The van der Waals surface area contributed by atoms with E-state index >= 15 is 0 Å². The zero-order chi connectivity index (χ0) is 13.8. The number of aliphatic hydroxyl groups is 2. The van der Waals surface area contributed by atoms with Gasteiger partial charge in [-0.2, -0.15) is 0 Å². The highest BCUT2D eigenvalue weighted by Crippen LogP contribution is 2.29. The lowest BCUT2D eigenvalue weighted by Gasteiger charge is -2.25. The van der Waals surface area contributed by atoms with E-state index in [-0.39, 0.29) is 5.92 Å². The van der Waals surface area contributed by atoms with Crippen molar-refractivity contribution < 1.29 is 10.2 Å². The average molecular weight is 259 g/mol. The number of hydrogen-bond acceptors (Lipinski definition) is 3. The van der Waals surface area contributed by atoms with Crippen molar-refractivity contribution in [3.63, 3.8) is 0 Å². The summed E-state index contributed by atoms with van der Waals surface area (Å²) in [6.45, 7) is 4.07. The Bertz CT molecular complexity index is 532. The number of aromatic nitrogens is 1. The lowest BCUT2D eigenvalue weighted by atomic mass is 9.89. The maximum Gasteiger partial charge on any atom is 0.107 e. The Morgan fingerprint density at radius 1 is 1.05 bits per heavy atom. The Labute approximate surface area is 113 Å². The molecular formula is C16H21NO2. The highest BCUT2D eigenvalue weighted by Gasteiger charge is 2.26. The topological polar surface area (TPSA) is 53.4 Å². The van der Waals surface area contributed by atoms with Crippen LogP contribution in [0.5, 0.6) is 0 Å². The van der Waals surface area contributed by atoms with E-state index < -0.39 is 12.2 Å². The fraction of sp³-hybridized carbons (Fsp3) is 0.438. The van der Waals surface area contributed by atoms with Gasteiger partial charge in [0.2, 0.25) is 0 Å². The third-order valence-electron chi connectivity index (χ3n) is 3.84. The van der Waals surface area contributed by atoms with Crippen LogP contribution in [-0.2, 0) is 0 Å². The molecule has 0 amide bonds. The maximum absolute atomic E-state index is 10.4. The SMILES string of the molecule is CCC(CC)C(O)C(O)c1cccc2cccnc12. The predicted molar refractivity (Wildman–Crippen MR) is 76.8 cm³/mol. The lowest BCUT2D eigenvalue weighted by molar-refractivity contribution is -0.0203. The first-order valence-corrected chi connectivity index (χ1v) is 6.88. The van der Waals surface area contributed by atoms with Gasteiger partial charge in [-0.1, -0.05) is 51.0 Å². The minimum Gasteiger partial charge on any atom is -0.390 e. The Morgan fingerprint density at radius 2 is 1.74 bits per heavy atom. The second-order valence-corrected chi connectivity index (χ2v) is 4.93. The molecule has 2 atom stereocenters. The molecule has 1 aromatic carbocycles. The van der Waals surface area contributed by atoms with Crippen LogP contribution < -0.4 is 0 Å². The van der Waals surface area contributed by atoms with Crippen molar-refractivity contribution in [2.24, 2.45) is 5.92 Å². The van der Waals surface area contributed by atoms with E-state index in [1.807, 2.05) is 44.2 Å². The summed E-state index contributed by atoms with van der Waals surface area (Å²) in [5.41, 5.74) is 1.47. The molecular weight excluding hydrogens is 238 g/mol. The summed E-state index contributed by atoms with van der Waals surface area (Å²) in [6.07, 6.45) is 1.79. The van der Waals surface area contributed by atoms with Gasteiger partial charge in [-0.05, 0) is 12.0 Å². The van der Waals surface area contributed by atoms with Crippen molar-refractivity contribution in [3.8, 4) is 0 Å². The fourth-order valence-corrected chi connectivity index (χ4v) is 2.58. The maximum atomic E-state index is 10.4. The van der Waals surface area contributed by atoms with Crippen LogP contribution >= 0.6 is 0 Å². The molecule has 0 aliphatic heterocycles. The molecule has 0 bridgehead atoms. The van der Waals surface area contributed by atoms with Crippen LogP contribution in [0.3, 0.4) is 0 Å². The van der Waals surface area contributed by atoms with Crippen LogP contribution in [0.25, 0.3) is 10.9 Å². The summed E-state index contributed by atoms with van der Waals surface area (Å²) in [4.78, 5) is 4.32. The van der Waals surface area contributed by atoms with Crippen LogP contribution in [0, 0.1) is 5.92 Å². The van der Waals surface area contributed by atoms with Crippen LogP contribution in [0.4, 0.5) is 0 Å². The molecule has 2 rings (SSSR count). The Kier molecular flexibility index (Phi) is 4.51. The Morgan fingerprint density at radius 3 is 2.42 bits per heavy atom. The number of fused-ring (bicyclic) bond motifs is 1. The van der Waals surface area contributed by atoms with Gasteiger partial charge in [0.05, 0.1) is 11.6 Å². The smallest absolute Gasteiger partial charge is 0.107 e. The van der Waals surface area contributed by atoms with E-state index in [2.05, 4.69) is 4.98 Å². The highest BCUT2D eigenvalue weighted by molar-refractivity contribution is 5.81. The number of benzene rings is 1. The molecule has 0 saturated heterocycles. The molecule has 0 aliphatic rings. The summed E-state index contributed by atoms with van der Waals surface area (Å²) >= 11 is 0. The number of pyridine rings is 1. The third kappa shape index (κ3) is 2.77. The minimum atomic E-state index is -0.886. The van der Waals surface area contributed by atoms with E-state index in [0.29, 0.717) is 5.56 Å². The van der Waals surface area contributed by atoms with E-state index in [4.69, 9.17) is 0 Å². The van der Waals surface area contributed by atoms with E-state index in [1.54, 1.807) is 6.20 Å². The lowest BCUT2D eigenvalue weighted by Crippen LogP contribution is -2.27. The Balaban J connectivity index is 2.38. The molecule has 3 nitrogen and oxygen atoms in total. The molecule has 0 fully saturated rings. The van der Waals surface area contributed by atoms with Gasteiger partial charge in [-0.15, -0.1) is 0 Å². The molecule has 0 radical (unpaired) electrons. The first kappa shape index (κ1) is 14.0. The van der Waals surface area contributed by atoms with Gasteiger partial charge >= 0.3 is 0 Å². The fourth-order valence-electron chi connectivity index (χ4n) is 2.58. The van der Waals surface area contributed by atoms with Crippen molar-refractivity contribution in [1.29, 1.82) is 0 Å². The summed E-state index contributed by atoms with van der Waals surface area (Å²) in [6, 6.07) is 9.52. The van der Waals surface area contributed by atoms with Crippen molar-refractivity contribution in [1.82, 2.24) is 4.98 Å². The van der Waals surface area contributed by atoms with Gasteiger partial charge in [-0.25, -0.2) is 0 Å². The predicted octanol–water partition coefficient (Wildman–Crippen LogP) is 3.07. The summed E-state index contributed by atoms with van der Waals surface area (Å²) in [5.74, 6) is 0.106. The van der Waals surface area contributed by atoms with E-state index in [9.17, 15) is 10.2 Å². The molecule has 2 aromatic rings. The van der Waals surface area contributed by atoms with Gasteiger partial charge in [-0.3, -0.25) is 4.98 Å². The molecule has 2 unspecified atom stereocenters. The second kappa shape index (κ2) is 6.13. The summed E-state index contributed by atoms with van der Waals surface area (Å²) < 4.78 is 0. The zero-order valence-corrected chi connectivity index (χ0v) is 11.5. The van der Waals surface area contributed by atoms with Gasteiger partial charge < -0.3 is 10.2 Å². The van der Waals surface area contributed by atoms with E-state index in [1.165, 1.54) is 0 Å². The Hall–Kier alpha value is -1.45. The number of rotatable bonds is 5. The number of nitrogens with zero attached hydrogens (tertiary/aromatic N) is 1. The monoisotopic (exact) mass is 259 g/mol. The summed E-state index contributed by atoms with van der Waals surface area (Å²) in [5, 5.41) is 21.7. The normalized spacial score (nSPS) is 14.8. The number of hydrogen-bond donors (Lipinski definition) is 2. The van der Waals surface area contributed by atoms with Gasteiger partial charge in [0.25, 0.3) is 0 Å². The molecule has 0 saturated carbocycles. The highest BCUT2D eigenvalue weighted by atomic mass is 16.3. The molecule has 1 heterocycles. The third-order valence-corrected chi connectivity index (χ3v) is 3.84. The standard InChI is InChI=1S/C16H21NO2/c1-3-11(4-2)15(18)16(19)13-9-5-7-12-8-6-10-17-14(12)13/h5-11,15-16,18-19H,3-4H2,1-2H3. The number of para-hydroxylation sites is 1. The van der Waals surface area contributed by atoms with Crippen LogP contribution in [0.1, 0.15) is 38.4 Å². The van der Waals surface area contributed by atoms with Crippen molar-refractivity contribution in [2.75, 3.05) is 0 Å². The first-order valence-electron chi connectivity index (χ1n) is 6.88. The molecule has 0 spiro atoms. The van der Waals surface area contributed by atoms with Crippen molar-refractivity contribution in [3.05, 3.63) is 42.1 Å². The average Bonchev–Trinajstić information content (AvgIpc) is 2.47. The number of aliphatic hydroxyl groups excluding tert-OH is 2. The minimum absolute atomic E-state index is 0.106. The van der Waals surface area contributed by atoms with Crippen LogP contribution in [0.15, 0.2) is 36.5 Å². The molecule has 2 N–H and O–H groups in total.